The summed E-state index contributed by atoms with van der Waals surface area (Å²) in [6, 6.07) is 18.9. The second-order valence-corrected chi connectivity index (χ2v) is 6.55. The molecule has 4 aromatic rings. The van der Waals surface area contributed by atoms with E-state index in [1.807, 2.05) is 0 Å². The highest BCUT2D eigenvalue weighted by Crippen LogP contribution is 2.15. The van der Waals surface area contributed by atoms with Crippen molar-refractivity contribution in [2.45, 2.75) is 0 Å². The molecule has 0 spiro atoms. The van der Waals surface area contributed by atoms with Crippen LogP contribution in [-0.4, -0.2) is 20.8 Å². The minimum absolute atomic E-state index is 0.0209. The number of nitrogens with zero attached hydrogens (tertiary/aromatic N) is 4. The number of hydrogen-bond acceptors (Lipinski definition) is 5. The largest absolute Gasteiger partial charge is 0.282 e. The molecule has 1 heterocycles. The number of aromatic nitrogens is 2. The van der Waals surface area contributed by atoms with Crippen molar-refractivity contribution in [3.63, 3.8) is 0 Å². The van der Waals surface area contributed by atoms with Crippen LogP contribution in [0.1, 0.15) is 17.0 Å². The summed E-state index contributed by atoms with van der Waals surface area (Å²) >= 11 is 0. The molecule has 0 bridgehead atoms. The van der Waals surface area contributed by atoms with E-state index in [2.05, 4.69) is 10.1 Å². The quantitative estimate of drug-likeness (QED) is 0.273. The first-order valence-corrected chi connectivity index (χ1v) is 9.26. The van der Waals surface area contributed by atoms with Gasteiger partial charge in [-0.15, -0.1) is 0 Å². The van der Waals surface area contributed by atoms with E-state index in [-0.39, 0.29) is 17.1 Å². The van der Waals surface area contributed by atoms with Crippen LogP contribution in [0.2, 0.25) is 0 Å². The van der Waals surface area contributed by atoms with Gasteiger partial charge in [-0.3, -0.25) is 14.9 Å². The van der Waals surface area contributed by atoms with E-state index < -0.39 is 16.3 Å². The van der Waals surface area contributed by atoms with Crippen LogP contribution in [0.15, 0.2) is 82.7 Å². The van der Waals surface area contributed by atoms with E-state index >= 15 is 0 Å². The number of para-hydroxylation sites is 1. The second kappa shape index (κ2) is 8.50. The highest BCUT2D eigenvalue weighted by molar-refractivity contribution is 5.81. The van der Waals surface area contributed by atoms with Crippen LogP contribution in [0.3, 0.4) is 0 Å². The fourth-order valence-corrected chi connectivity index (χ4v) is 2.94. The van der Waals surface area contributed by atoms with Gasteiger partial charge in [-0.25, -0.2) is 9.37 Å². The molecule has 7 nitrogen and oxygen atoms in total. The van der Waals surface area contributed by atoms with Crippen molar-refractivity contribution in [1.29, 1.82) is 0 Å². The summed E-state index contributed by atoms with van der Waals surface area (Å²) in [5, 5.41) is 15.4. The fourth-order valence-electron chi connectivity index (χ4n) is 2.94. The van der Waals surface area contributed by atoms with Gasteiger partial charge >= 0.3 is 0 Å². The fraction of sp³-hybridized carbons (Fsp3) is 0. The number of nitro groups is 1. The Labute approximate surface area is 175 Å². The zero-order valence-electron chi connectivity index (χ0n) is 16.1. The molecular formula is C23H15FN4O3. The topological polar surface area (TPSA) is 90.4 Å². The van der Waals surface area contributed by atoms with Crippen molar-refractivity contribution in [3.8, 4) is 0 Å². The molecule has 0 fully saturated rings. The number of rotatable bonds is 5. The van der Waals surface area contributed by atoms with Crippen molar-refractivity contribution in [2.24, 2.45) is 5.10 Å². The second-order valence-electron chi connectivity index (χ2n) is 6.55. The normalized spacial score (nSPS) is 11.5. The van der Waals surface area contributed by atoms with Crippen LogP contribution in [0.25, 0.3) is 23.1 Å². The van der Waals surface area contributed by atoms with E-state index in [1.54, 1.807) is 66.7 Å². The molecule has 0 aliphatic rings. The Morgan fingerprint density at radius 1 is 0.968 bits per heavy atom. The molecule has 31 heavy (non-hydrogen) atoms. The van der Waals surface area contributed by atoms with Crippen LogP contribution in [0, 0.1) is 15.9 Å². The highest BCUT2D eigenvalue weighted by atomic mass is 19.1. The molecule has 0 saturated carbocycles. The Kier molecular flexibility index (Phi) is 5.44. The summed E-state index contributed by atoms with van der Waals surface area (Å²) in [5.74, 6) is -0.231. The van der Waals surface area contributed by atoms with Crippen LogP contribution >= 0.6 is 0 Å². The number of halogens is 1. The van der Waals surface area contributed by atoms with Gasteiger partial charge in [0, 0.05) is 17.7 Å². The van der Waals surface area contributed by atoms with Crippen molar-refractivity contribution in [1.82, 2.24) is 9.66 Å². The number of benzene rings is 3. The van der Waals surface area contributed by atoms with Gasteiger partial charge in [0.15, 0.2) is 5.82 Å². The zero-order chi connectivity index (χ0) is 21.8. The van der Waals surface area contributed by atoms with Gasteiger partial charge in [0.05, 0.1) is 22.0 Å². The maximum atomic E-state index is 13.9. The smallest absolute Gasteiger partial charge is 0.267 e. The molecule has 4 rings (SSSR count). The van der Waals surface area contributed by atoms with Crippen molar-refractivity contribution in [3.05, 3.63) is 116 Å². The summed E-state index contributed by atoms with van der Waals surface area (Å²) in [6.07, 6.45) is 4.50. The summed E-state index contributed by atoms with van der Waals surface area (Å²) in [5.41, 5.74) is 0.979. The summed E-state index contributed by atoms with van der Waals surface area (Å²) < 4.78 is 15.0. The van der Waals surface area contributed by atoms with Crippen molar-refractivity contribution >= 4 is 35.0 Å². The Bertz CT molecular complexity index is 1390. The van der Waals surface area contributed by atoms with E-state index in [9.17, 15) is 19.3 Å². The molecule has 0 amide bonds. The monoisotopic (exact) mass is 414 g/mol. The van der Waals surface area contributed by atoms with Gasteiger partial charge in [0.25, 0.3) is 11.2 Å². The van der Waals surface area contributed by atoms with E-state index in [1.165, 1.54) is 24.4 Å². The third kappa shape index (κ3) is 4.27. The third-order valence-corrected chi connectivity index (χ3v) is 4.53. The van der Waals surface area contributed by atoms with Gasteiger partial charge < -0.3 is 0 Å². The van der Waals surface area contributed by atoms with Crippen LogP contribution in [0.5, 0.6) is 0 Å². The van der Waals surface area contributed by atoms with E-state index in [0.717, 1.165) is 4.68 Å². The Balaban J connectivity index is 1.79. The summed E-state index contributed by atoms with van der Waals surface area (Å²) in [4.78, 5) is 27.8. The standard InChI is InChI=1S/C23H15FN4O3/c24-20-7-3-1-5-17(20)15-25-27-22(26-21-8-4-2-6-19(21)23(27)29)14-11-16-9-12-18(13-10-16)28(30)31/h1-15H/b14-11-,25-15+. The predicted molar refractivity (Wildman–Crippen MR) is 117 cm³/mol. The molecule has 0 saturated heterocycles. The van der Waals surface area contributed by atoms with Gasteiger partial charge in [-0.1, -0.05) is 36.4 Å². The number of hydrogen-bond donors (Lipinski definition) is 0. The first-order chi connectivity index (χ1) is 15.0. The van der Waals surface area contributed by atoms with Crippen LogP contribution in [-0.2, 0) is 0 Å². The number of fused-ring (bicyclic) bond motifs is 1. The number of nitro benzene ring substituents is 1. The molecule has 8 heteroatoms. The summed E-state index contributed by atoms with van der Waals surface area (Å²) in [6.45, 7) is 0. The van der Waals surface area contributed by atoms with Gasteiger partial charge in [0.2, 0.25) is 0 Å². The summed E-state index contributed by atoms with van der Waals surface area (Å²) in [7, 11) is 0. The molecule has 0 N–H and O–H groups in total. The lowest BCUT2D eigenvalue weighted by molar-refractivity contribution is -0.384. The molecule has 0 aliphatic heterocycles. The molecule has 0 unspecified atom stereocenters. The number of non-ortho nitro benzene ring substituents is 1. The van der Waals surface area contributed by atoms with Gasteiger partial charge in [0.1, 0.15) is 5.82 Å². The van der Waals surface area contributed by atoms with E-state index in [4.69, 9.17) is 0 Å². The molecule has 0 atom stereocenters. The lowest BCUT2D eigenvalue weighted by Crippen LogP contribution is -2.20. The molecule has 3 aromatic carbocycles. The lowest BCUT2D eigenvalue weighted by atomic mass is 10.2. The van der Waals surface area contributed by atoms with E-state index in [0.29, 0.717) is 16.5 Å². The maximum Gasteiger partial charge on any atom is 0.282 e. The first-order valence-electron chi connectivity index (χ1n) is 9.26. The maximum absolute atomic E-state index is 13.9. The molecular weight excluding hydrogens is 399 g/mol. The van der Waals surface area contributed by atoms with Gasteiger partial charge in [-0.05, 0) is 42.0 Å². The van der Waals surface area contributed by atoms with Crippen molar-refractivity contribution in [2.75, 3.05) is 0 Å². The molecule has 0 aliphatic carbocycles. The average molecular weight is 414 g/mol. The Morgan fingerprint density at radius 3 is 2.42 bits per heavy atom. The minimum Gasteiger partial charge on any atom is -0.267 e. The minimum atomic E-state index is -0.479. The zero-order valence-corrected chi connectivity index (χ0v) is 16.1. The molecule has 152 valence electrons. The SMILES string of the molecule is O=c1c2ccccc2nc(/C=C\c2ccc([N+](=O)[O-])cc2)n1/N=C/c1ccccc1F. The van der Waals surface area contributed by atoms with Crippen LogP contribution in [0.4, 0.5) is 10.1 Å². The lowest BCUT2D eigenvalue weighted by Gasteiger charge is -2.06. The molecule has 1 aromatic heterocycles. The van der Waals surface area contributed by atoms with Crippen molar-refractivity contribution < 1.29 is 9.31 Å². The molecule has 0 radical (unpaired) electrons. The third-order valence-electron chi connectivity index (χ3n) is 4.53. The van der Waals surface area contributed by atoms with Gasteiger partial charge in [-0.2, -0.15) is 9.78 Å². The highest BCUT2D eigenvalue weighted by Gasteiger charge is 2.09. The average Bonchev–Trinajstić information content (AvgIpc) is 2.78. The van der Waals surface area contributed by atoms with Crippen LogP contribution < -0.4 is 5.56 Å². The Morgan fingerprint density at radius 2 is 1.68 bits per heavy atom. The first kappa shape index (κ1) is 19.8. The predicted octanol–water partition coefficient (Wildman–Crippen LogP) is 4.50. The Hall–Kier alpha value is -4.46.